The number of anilines is 2. The number of rotatable bonds is 3. The van der Waals surface area contributed by atoms with Gasteiger partial charge in [-0.15, -0.1) is 0 Å². The minimum absolute atomic E-state index is 0.335. The van der Waals surface area contributed by atoms with Crippen molar-refractivity contribution in [1.82, 2.24) is 0 Å². The first-order valence-electron chi connectivity index (χ1n) is 7.67. The van der Waals surface area contributed by atoms with Gasteiger partial charge in [-0.25, -0.2) is 8.78 Å². The van der Waals surface area contributed by atoms with Gasteiger partial charge in [0.2, 0.25) is 0 Å². The average molecular weight is 338 g/mol. The summed E-state index contributed by atoms with van der Waals surface area (Å²) in [6.07, 6.45) is 0. The number of hydrogen-bond acceptors (Lipinski definition) is 2. The molecule has 0 atom stereocenters. The lowest BCUT2D eigenvalue weighted by atomic mass is 10.0. The first-order valence-corrected chi connectivity index (χ1v) is 7.67. The fourth-order valence-corrected chi connectivity index (χ4v) is 2.51. The highest BCUT2D eigenvalue weighted by Gasteiger charge is 2.12. The summed E-state index contributed by atoms with van der Waals surface area (Å²) in [5.41, 5.74) is 9.12. The first kappa shape index (κ1) is 16.6. The third-order valence-corrected chi connectivity index (χ3v) is 3.92. The predicted octanol–water partition coefficient (Wildman–Crippen LogP) is 4.77. The molecule has 0 radical (unpaired) electrons. The summed E-state index contributed by atoms with van der Waals surface area (Å²) >= 11 is 0. The van der Waals surface area contributed by atoms with Gasteiger partial charge in [-0.1, -0.05) is 12.1 Å². The third-order valence-electron chi connectivity index (χ3n) is 3.92. The molecule has 3 aromatic rings. The molecule has 0 heterocycles. The highest BCUT2D eigenvalue weighted by Crippen LogP contribution is 2.29. The zero-order valence-corrected chi connectivity index (χ0v) is 13.5. The van der Waals surface area contributed by atoms with Gasteiger partial charge in [-0.05, 0) is 66.6 Å². The van der Waals surface area contributed by atoms with Gasteiger partial charge >= 0.3 is 0 Å². The monoisotopic (exact) mass is 338 g/mol. The standard InChI is InChI=1S/C20H16F2N2O/c1-12-10-14(4-8-18(12)23)20(25)24-19-9-7-16(22)11-17(19)13-2-5-15(21)6-3-13/h2-11H,23H2,1H3,(H,24,25). The maximum atomic E-state index is 13.7. The number of carbonyl (C=O) groups excluding carboxylic acids is 1. The molecule has 0 fully saturated rings. The molecule has 3 rings (SSSR count). The summed E-state index contributed by atoms with van der Waals surface area (Å²) < 4.78 is 26.8. The molecular formula is C20H16F2N2O. The van der Waals surface area contributed by atoms with Crippen LogP contribution in [-0.2, 0) is 0 Å². The lowest BCUT2D eigenvalue weighted by molar-refractivity contribution is 0.102. The van der Waals surface area contributed by atoms with Gasteiger partial charge in [0.05, 0.1) is 0 Å². The number of hydrogen-bond donors (Lipinski definition) is 2. The molecule has 3 aromatic carbocycles. The second kappa shape index (κ2) is 6.73. The van der Waals surface area contributed by atoms with E-state index in [2.05, 4.69) is 5.32 Å². The van der Waals surface area contributed by atoms with E-state index in [9.17, 15) is 13.6 Å². The van der Waals surface area contributed by atoms with E-state index in [1.54, 1.807) is 18.2 Å². The summed E-state index contributed by atoms with van der Waals surface area (Å²) in [6, 6.07) is 14.7. The van der Waals surface area contributed by atoms with E-state index in [1.165, 1.54) is 42.5 Å². The molecule has 0 aliphatic rings. The molecule has 3 N–H and O–H groups in total. The highest BCUT2D eigenvalue weighted by atomic mass is 19.1. The Morgan fingerprint density at radius 3 is 2.28 bits per heavy atom. The Morgan fingerprint density at radius 2 is 1.60 bits per heavy atom. The van der Waals surface area contributed by atoms with Gasteiger partial charge in [0, 0.05) is 22.5 Å². The number of carbonyl (C=O) groups is 1. The van der Waals surface area contributed by atoms with Crippen molar-refractivity contribution in [1.29, 1.82) is 0 Å². The van der Waals surface area contributed by atoms with Crippen molar-refractivity contribution >= 4 is 17.3 Å². The van der Waals surface area contributed by atoms with Crippen LogP contribution >= 0.6 is 0 Å². The molecule has 0 aliphatic heterocycles. The van der Waals surface area contributed by atoms with Crippen LogP contribution in [0.1, 0.15) is 15.9 Å². The van der Waals surface area contributed by atoms with E-state index in [4.69, 9.17) is 5.73 Å². The van der Waals surface area contributed by atoms with Crippen molar-refractivity contribution in [3.05, 3.63) is 83.4 Å². The molecule has 5 heteroatoms. The Balaban J connectivity index is 1.95. The number of nitrogen functional groups attached to an aromatic ring is 1. The van der Waals surface area contributed by atoms with Crippen LogP contribution in [0.2, 0.25) is 0 Å². The van der Waals surface area contributed by atoms with Gasteiger partial charge < -0.3 is 11.1 Å². The number of nitrogens with two attached hydrogens (primary N) is 1. The fourth-order valence-electron chi connectivity index (χ4n) is 2.51. The second-order valence-electron chi connectivity index (χ2n) is 5.72. The largest absolute Gasteiger partial charge is 0.399 e. The van der Waals surface area contributed by atoms with Crippen LogP contribution in [-0.4, -0.2) is 5.91 Å². The van der Waals surface area contributed by atoms with Gasteiger partial charge in [0.15, 0.2) is 0 Å². The van der Waals surface area contributed by atoms with Crippen molar-refractivity contribution in [3.63, 3.8) is 0 Å². The Hall–Kier alpha value is -3.21. The van der Waals surface area contributed by atoms with Crippen LogP contribution in [0.3, 0.4) is 0 Å². The lowest BCUT2D eigenvalue weighted by Crippen LogP contribution is -2.13. The molecule has 1 amide bonds. The van der Waals surface area contributed by atoms with Crippen molar-refractivity contribution in [3.8, 4) is 11.1 Å². The number of nitrogens with one attached hydrogen (secondary N) is 1. The lowest BCUT2D eigenvalue weighted by Gasteiger charge is -2.12. The van der Waals surface area contributed by atoms with Crippen LogP contribution in [0.15, 0.2) is 60.7 Å². The Kier molecular flexibility index (Phi) is 4.48. The van der Waals surface area contributed by atoms with Crippen LogP contribution < -0.4 is 11.1 Å². The van der Waals surface area contributed by atoms with Gasteiger partial charge in [-0.3, -0.25) is 4.79 Å². The Labute approximate surface area is 144 Å². The van der Waals surface area contributed by atoms with Crippen molar-refractivity contribution in [2.24, 2.45) is 0 Å². The zero-order chi connectivity index (χ0) is 18.0. The van der Waals surface area contributed by atoms with Crippen molar-refractivity contribution in [2.45, 2.75) is 6.92 Å². The predicted molar refractivity (Wildman–Crippen MR) is 95.3 cm³/mol. The highest BCUT2D eigenvalue weighted by molar-refractivity contribution is 6.06. The minimum atomic E-state index is -0.444. The van der Waals surface area contributed by atoms with E-state index in [0.29, 0.717) is 28.1 Å². The summed E-state index contributed by atoms with van der Waals surface area (Å²) in [5, 5.41) is 2.77. The van der Waals surface area contributed by atoms with E-state index in [1.807, 2.05) is 6.92 Å². The molecule has 0 aliphatic carbocycles. The maximum absolute atomic E-state index is 13.7. The summed E-state index contributed by atoms with van der Waals surface area (Å²) in [5.74, 6) is -1.16. The first-order chi connectivity index (χ1) is 11.9. The van der Waals surface area contributed by atoms with Gasteiger partial charge in [0.25, 0.3) is 5.91 Å². The van der Waals surface area contributed by atoms with Crippen molar-refractivity contribution in [2.75, 3.05) is 11.1 Å². The van der Waals surface area contributed by atoms with E-state index in [-0.39, 0.29) is 11.7 Å². The molecular weight excluding hydrogens is 322 g/mol. The number of aryl methyl sites for hydroxylation is 1. The molecule has 0 aromatic heterocycles. The normalized spacial score (nSPS) is 10.5. The fraction of sp³-hybridized carbons (Fsp3) is 0.0500. The molecule has 0 bridgehead atoms. The van der Waals surface area contributed by atoms with Crippen LogP contribution in [0.25, 0.3) is 11.1 Å². The smallest absolute Gasteiger partial charge is 0.255 e. The maximum Gasteiger partial charge on any atom is 0.255 e. The third kappa shape index (κ3) is 3.66. The van der Waals surface area contributed by atoms with E-state index in [0.717, 1.165) is 5.56 Å². The zero-order valence-electron chi connectivity index (χ0n) is 13.5. The van der Waals surface area contributed by atoms with Crippen LogP contribution in [0, 0.1) is 18.6 Å². The van der Waals surface area contributed by atoms with E-state index < -0.39 is 5.82 Å². The summed E-state index contributed by atoms with van der Waals surface area (Å²) in [7, 11) is 0. The molecule has 0 unspecified atom stereocenters. The number of amides is 1. The molecule has 25 heavy (non-hydrogen) atoms. The molecule has 3 nitrogen and oxygen atoms in total. The molecule has 0 spiro atoms. The topological polar surface area (TPSA) is 55.1 Å². The SMILES string of the molecule is Cc1cc(C(=O)Nc2ccc(F)cc2-c2ccc(F)cc2)ccc1N. The van der Waals surface area contributed by atoms with Crippen molar-refractivity contribution < 1.29 is 13.6 Å². The summed E-state index contributed by atoms with van der Waals surface area (Å²) in [4.78, 5) is 12.5. The van der Waals surface area contributed by atoms with E-state index >= 15 is 0 Å². The quantitative estimate of drug-likeness (QED) is 0.676. The molecule has 0 saturated heterocycles. The minimum Gasteiger partial charge on any atom is -0.399 e. The van der Waals surface area contributed by atoms with Gasteiger partial charge in [-0.2, -0.15) is 0 Å². The Morgan fingerprint density at radius 1 is 0.920 bits per heavy atom. The molecule has 126 valence electrons. The summed E-state index contributed by atoms with van der Waals surface area (Å²) in [6.45, 7) is 1.81. The van der Waals surface area contributed by atoms with Crippen LogP contribution in [0.4, 0.5) is 20.2 Å². The molecule has 0 saturated carbocycles. The van der Waals surface area contributed by atoms with Gasteiger partial charge in [0.1, 0.15) is 11.6 Å². The number of benzene rings is 3. The van der Waals surface area contributed by atoms with Crippen LogP contribution in [0.5, 0.6) is 0 Å². The second-order valence-corrected chi connectivity index (χ2v) is 5.72. The Bertz CT molecular complexity index is 937. The number of halogens is 2. The average Bonchev–Trinajstić information content (AvgIpc) is 2.59.